The predicted molar refractivity (Wildman–Crippen MR) is 81.3 cm³/mol. The molecule has 0 amide bonds. The summed E-state index contributed by atoms with van der Waals surface area (Å²) >= 11 is 0. The maximum Gasteiger partial charge on any atom is 0.328 e. The fourth-order valence-electron chi connectivity index (χ4n) is 1.99. The number of para-hydroxylation sites is 1. The molecule has 1 aromatic heterocycles. The molecule has 2 aromatic rings. The quantitative estimate of drug-likeness (QED) is 0.827. The van der Waals surface area contributed by atoms with E-state index in [1.54, 1.807) is 18.5 Å². The van der Waals surface area contributed by atoms with E-state index in [1.165, 1.54) is 0 Å². The van der Waals surface area contributed by atoms with E-state index >= 15 is 0 Å². The number of nitrogens with zero attached hydrogens (tertiary/aromatic N) is 1. The Hall–Kier alpha value is -2.62. The Morgan fingerprint density at radius 3 is 2.76 bits per heavy atom. The van der Waals surface area contributed by atoms with Gasteiger partial charge in [0, 0.05) is 30.5 Å². The highest BCUT2D eigenvalue weighted by Crippen LogP contribution is 2.24. The molecule has 0 spiro atoms. The van der Waals surface area contributed by atoms with Gasteiger partial charge in [0.2, 0.25) is 0 Å². The Morgan fingerprint density at radius 2 is 2.05 bits per heavy atom. The van der Waals surface area contributed by atoms with Crippen molar-refractivity contribution in [2.75, 3.05) is 6.61 Å². The van der Waals surface area contributed by atoms with E-state index in [4.69, 9.17) is 9.84 Å². The van der Waals surface area contributed by atoms with Crippen LogP contribution in [0.4, 0.5) is 0 Å². The molecule has 1 heterocycles. The van der Waals surface area contributed by atoms with Crippen molar-refractivity contribution >= 4 is 12.0 Å². The van der Waals surface area contributed by atoms with Crippen molar-refractivity contribution in [1.29, 1.82) is 0 Å². The van der Waals surface area contributed by atoms with Crippen LogP contribution in [-0.2, 0) is 11.2 Å². The van der Waals surface area contributed by atoms with E-state index in [9.17, 15) is 4.79 Å². The lowest BCUT2D eigenvalue weighted by molar-refractivity contribution is -0.131. The van der Waals surface area contributed by atoms with E-state index in [1.807, 2.05) is 37.3 Å². The first-order chi connectivity index (χ1) is 10.2. The molecule has 0 saturated heterocycles. The number of carboxylic acids is 1. The maximum absolute atomic E-state index is 10.6. The Kier molecular flexibility index (Phi) is 5.10. The summed E-state index contributed by atoms with van der Waals surface area (Å²) in [5, 5.41) is 8.73. The summed E-state index contributed by atoms with van der Waals surface area (Å²) in [6.45, 7) is 2.47. The average molecular weight is 283 g/mol. The van der Waals surface area contributed by atoms with Crippen LogP contribution in [0.1, 0.15) is 16.7 Å². The molecular weight excluding hydrogens is 266 g/mol. The molecule has 1 N–H and O–H groups in total. The van der Waals surface area contributed by atoms with E-state index < -0.39 is 5.97 Å². The van der Waals surface area contributed by atoms with Gasteiger partial charge in [-0.1, -0.05) is 18.2 Å². The van der Waals surface area contributed by atoms with Gasteiger partial charge in [0.05, 0.1) is 6.61 Å². The summed E-state index contributed by atoms with van der Waals surface area (Å²) in [7, 11) is 0. The van der Waals surface area contributed by atoms with Crippen molar-refractivity contribution in [3.8, 4) is 5.75 Å². The molecule has 108 valence electrons. The lowest BCUT2D eigenvalue weighted by Gasteiger charge is -2.12. The highest BCUT2D eigenvalue weighted by Gasteiger charge is 2.05. The molecule has 0 bridgehead atoms. The molecular formula is C17H17NO3. The van der Waals surface area contributed by atoms with Crippen molar-refractivity contribution < 1.29 is 14.6 Å². The summed E-state index contributed by atoms with van der Waals surface area (Å²) in [4.78, 5) is 14.6. The molecule has 4 nitrogen and oxygen atoms in total. The summed E-state index contributed by atoms with van der Waals surface area (Å²) in [5.74, 6) is -0.247. The fraction of sp³-hybridized carbons (Fsp3) is 0.176. The smallest absolute Gasteiger partial charge is 0.328 e. The second kappa shape index (κ2) is 7.24. The number of hydrogen-bond donors (Lipinski definition) is 1. The van der Waals surface area contributed by atoms with Gasteiger partial charge in [-0.3, -0.25) is 4.98 Å². The largest absolute Gasteiger partial charge is 0.492 e. The van der Waals surface area contributed by atoms with Crippen molar-refractivity contribution in [3.63, 3.8) is 0 Å². The van der Waals surface area contributed by atoms with Gasteiger partial charge in [-0.05, 0) is 36.3 Å². The number of carboxylic acid groups (broad SMARTS) is 1. The van der Waals surface area contributed by atoms with Crippen LogP contribution in [0, 0.1) is 6.92 Å². The molecule has 0 fully saturated rings. The number of rotatable bonds is 6. The first-order valence-corrected chi connectivity index (χ1v) is 6.69. The maximum atomic E-state index is 10.6. The topological polar surface area (TPSA) is 59.4 Å². The number of carbonyl (C=O) groups is 1. The summed E-state index contributed by atoms with van der Waals surface area (Å²) in [6, 6.07) is 9.57. The normalized spacial score (nSPS) is 10.7. The average Bonchev–Trinajstić information content (AvgIpc) is 2.48. The number of aliphatic carboxylic acids is 1. The fourth-order valence-corrected chi connectivity index (χ4v) is 1.99. The zero-order chi connectivity index (χ0) is 15.1. The summed E-state index contributed by atoms with van der Waals surface area (Å²) in [6.07, 6.45) is 6.95. The Labute approximate surface area is 123 Å². The van der Waals surface area contributed by atoms with Gasteiger partial charge in [0.1, 0.15) is 5.75 Å². The highest BCUT2D eigenvalue weighted by atomic mass is 16.5. The number of ether oxygens (including phenoxy) is 1. The molecule has 1 aromatic carbocycles. The van der Waals surface area contributed by atoms with Gasteiger partial charge < -0.3 is 9.84 Å². The van der Waals surface area contributed by atoms with Crippen LogP contribution in [0.2, 0.25) is 0 Å². The summed E-state index contributed by atoms with van der Waals surface area (Å²) in [5.41, 5.74) is 2.91. The molecule has 0 unspecified atom stereocenters. The van der Waals surface area contributed by atoms with Gasteiger partial charge in [-0.15, -0.1) is 0 Å². The van der Waals surface area contributed by atoms with Crippen LogP contribution < -0.4 is 4.74 Å². The molecule has 0 aliphatic rings. The lowest BCUT2D eigenvalue weighted by Crippen LogP contribution is -2.04. The second-order valence-corrected chi connectivity index (χ2v) is 4.62. The zero-order valence-corrected chi connectivity index (χ0v) is 11.8. The number of aromatic nitrogens is 1. The van der Waals surface area contributed by atoms with E-state index in [2.05, 4.69) is 4.98 Å². The van der Waals surface area contributed by atoms with Gasteiger partial charge >= 0.3 is 5.97 Å². The molecule has 0 saturated carbocycles. The molecule has 0 aliphatic heterocycles. The van der Waals surface area contributed by atoms with Crippen LogP contribution in [0.5, 0.6) is 5.75 Å². The van der Waals surface area contributed by atoms with Crippen LogP contribution >= 0.6 is 0 Å². The minimum atomic E-state index is -0.973. The number of pyridine rings is 1. The van der Waals surface area contributed by atoms with Crippen LogP contribution in [0.25, 0.3) is 6.08 Å². The van der Waals surface area contributed by atoms with Gasteiger partial charge in [0.15, 0.2) is 0 Å². The Balaban J connectivity index is 2.06. The third-order valence-corrected chi connectivity index (χ3v) is 3.03. The standard InChI is InChI=1S/C17H17NO3/c1-13-3-2-4-15(5-6-16(19)20)17(13)21-12-9-14-7-10-18-11-8-14/h2-8,10-11H,9,12H2,1H3,(H,19,20)/b6-5+. The zero-order valence-electron chi connectivity index (χ0n) is 11.8. The van der Waals surface area contributed by atoms with Crippen LogP contribution in [0.3, 0.4) is 0 Å². The second-order valence-electron chi connectivity index (χ2n) is 4.62. The number of benzene rings is 1. The third kappa shape index (κ3) is 4.45. The van der Waals surface area contributed by atoms with Crippen molar-refractivity contribution in [2.45, 2.75) is 13.3 Å². The van der Waals surface area contributed by atoms with Crippen LogP contribution in [0.15, 0.2) is 48.8 Å². The van der Waals surface area contributed by atoms with Crippen LogP contribution in [-0.4, -0.2) is 22.7 Å². The number of hydrogen-bond acceptors (Lipinski definition) is 3. The Morgan fingerprint density at radius 1 is 1.29 bits per heavy atom. The van der Waals surface area contributed by atoms with Crippen molar-refractivity contribution in [2.24, 2.45) is 0 Å². The predicted octanol–water partition coefficient (Wildman–Crippen LogP) is 3.11. The van der Waals surface area contributed by atoms with Crippen molar-refractivity contribution in [1.82, 2.24) is 4.98 Å². The molecule has 2 rings (SSSR count). The summed E-state index contributed by atoms with van der Waals surface area (Å²) < 4.78 is 5.84. The van der Waals surface area contributed by atoms with E-state index in [0.29, 0.717) is 6.61 Å². The molecule has 0 atom stereocenters. The van der Waals surface area contributed by atoms with E-state index in [0.717, 1.165) is 34.9 Å². The molecule has 0 aliphatic carbocycles. The minimum Gasteiger partial charge on any atom is -0.492 e. The monoisotopic (exact) mass is 283 g/mol. The number of aryl methyl sites for hydroxylation is 1. The minimum absolute atomic E-state index is 0.531. The van der Waals surface area contributed by atoms with Gasteiger partial charge in [0.25, 0.3) is 0 Å². The molecule has 21 heavy (non-hydrogen) atoms. The first kappa shape index (κ1) is 14.8. The molecule has 4 heteroatoms. The van der Waals surface area contributed by atoms with E-state index in [-0.39, 0.29) is 0 Å². The van der Waals surface area contributed by atoms with Gasteiger partial charge in [-0.2, -0.15) is 0 Å². The van der Waals surface area contributed by atoms with Crippen molar-refractivity contribution in [3.05, 3.63) is 65.5 Å². The SMILES string of the molecule is Cc1cccc(/C=C/C(=O)O)c1OCCc1ccncc1. The lowest BCUT2D eigenvalue weighted by atomic mass is 10.1. The van der Waals surface area contributed by atoms with Gasteiger partial charge in [-0.25, -0.2) is 4.79 Å². The third-order valence-electron chi connectivity index (χ3n) is 3.03. The first-order valence-electron chi connectivity index (χ1n) is 6.69. The molecule has 0 radical (unpaired) electrons. The highest BCUT2D eigenvalue weighted by molar-refractivity contribution is 5.86. The Bertz CT molecular complexity index is 636.